The Morgan fingerprint density at radius 1 is 1.33 bits per heavy atom. The van der Waals surface area contributed by atoms with Crippen LogP contribution in [-0.4, -0.2) is 6.04 Å². The smallest absolute Gasteiger partial charge is 0.137 e. The molecular formula is C15H21BrFN. The molecule has 100 valence electrons. The molecule has 1 aliphatic carbocycles. The molecule has 0 bridgehead atoms. The van der Waals surface area contributed by atoms with Gasteiger partial charge in [-0.25, -0.2) is 4.39 Å². The number of hydrogen-bond acceptors (Lipinski definition) is 1. The molecule has 1 N–H and O–H groups in total. The van der Waals surface area contributed by atoms with Crippen LogP contribution < -0.4 is 5.32 Å². The standard InChI is InChI=1S/C15H21BrFN/c1-10-8-12(17)11(16)9-13(10)18-14-6-4-5-7-15(14,2)3/h8-9,14,18H,4-7H2,1-3H3. The third kappa shape index (κ3) is 2.87. The molecule has 2 rings (SSSR count). The second kappa shape index (κ2) is 5.20. The predicted octanol–water partition coefficient (Wildman–Crippen LogP) is 5.28. The van der Waals surface area contributed by atoms with Crippen molar-refractivity contribution < 1.29 is 4.39 Å². The Hall–Kier alpha value is -0.570. The first-order valence-corrected chi connectivity index (χ1v) is 7.41. The number of halogens is 2. The van der Waals surface area contributed by atoms with Gasteiger partial charge in [0.15, 0.2) is 0 Å². The fraction of sp³-hybridized carbons (Fsp3) is 0.600. The lowest BCUT2D eigenvalue weighted by atomic mass is 9.73. The minimum Gasteiger partial charge on any atom is -0.382 e. The predicted molar refractivity (Wildman–Crippen MR) is 78.5 cm³/mol. The van der Waals surface area contributed by atoms with E-state index in [0.717, 1.165) is 11.3 Å². The third-order valence-corrected chi connectivity index (χ3v) is 4.71. The molecule has 0 spiro atoms. The van der Waals surface area contributed by atoms with Gasteiger partial charge in [-0.3, -0.25) is 0 Å². The lowest BCUT2D eigenvalue weighted by Crippen LogP contribution is -2.39. The molecule has 3 heteroatoms. The van der Waals surface area contributed by atoms with Crippen molar-refractivity contribution in [2.24, 2.45) is 5.41 Å². The van der Waals surface area contributed by atoms with E-state index in [4.69, 9.17) is 0 Å². The van der Waals surface area contributed by atoms with Crippen LogP contribution in [0.3, 0.4) is 0 Å². The van der Waals surface area contributed by atoms with Gasteiger partial charge in [-0.2, -0.15) is 0 Å². The van der Waals surface area contributed by atoms with E-state index in [1.165, 1.54) is 25.7 Å². The number of hydrogen-bond donors (Lipinski definition) is 1. The third-order valence-electron chi connectivity index (χ3n) is 4.10. The number of rotatable bonds is 2. The molecule has 1 atom stereocenters. The monoisotopic (exact) mass is 313 g/mol. The summed E-state index contributed by atoms with van der Waals surface area (Å²) in [7, 11) is 0. The lowest BCUT2D eigenvalue weighted by Gasteiger charge is -2.40. The van der Waals surface area contributed by atoms with Gasteiger partial charge in [0.25, 0.3) is 0 Å². The second-order valence-corrected chi connectivity index (χ2v) is 6.87. The van der Waals surface area contributed by atoms with Gasteiger partial charge in [0.1, 0.15) is 5.82 Å². The summed E-state index contributed by atoms with van der Waals surface area (Å²) in [6, 6.07) is 3.92. The van der Waals surface area contributed by atoms with Crippen molar-refractivity contribution >= 4 is 21.6 Å². The van der Waals surface area contributed by atoms with Crippen LogP contribution in [0.15, 0.2) is 16.6 Å². The zero-order valence-electron chi connectivity index (χ0n) is 11.3. The molecule has 0 saturated heterocycles. The molecule has 1 aromatic rings. The molecule has 18 heavy (non-hydrogen) atoms. The molecule has 0 radical (unpaired) electrons. The maximum absolute atomic E-state index is 13.4. The average Bonchev–Trinajstić information content (AvgIpc) is 2.28. The quantitative estimate of drug-likeness (QED) is 0.783. The summed E-state index contributed by atoms with van der Waals surface area (Å²) in [6.45, 7) is 6.59. The lowest BCUT2D eigenvalue weighted by molar-refractivity contribution is 0.217. The van der Waals surface area contributed by atoms with Crippen molar-refractivity contribution in [3.05, 3.63) is 28.0 Å². The molecule has 0 heterocycles. The van der Waals surface area contributed by atoms with Crippen LogP contribution in [0.2, 0.25) is 0 Å². The summed E-state index contributed by atoms with van der Waals surface area (Å²) in [5.74, 6) is -0.194. The molecule has 0 aliphatic heterocycles. The zero-order chi connectivity index (χ0) is 13.3. The van der Waals surface area contributed by atoms with Crippen molar-refractivity contribution in [3.8, 4) is 0 Å². The highest BCUT2D eigenvalue weighted by atomic mass is 79.9. The largest absolute Gasteiger partial charge is 0.382 e. The average molecular weight is 314 g/mol. The number of benzene rings is 1. The van der Waals surface area contributed by atoms with E-state index in [0.29, 0.717) is 15.9 Å². The van der Waals surface area contributed by atoms with Crippen LogP contribution in [0.4, 0.5) is 10.1 Å². The Morgan fingerprint density at radius 2 is 2.06 bits per heavy atom. The number of nitrogens with one attached hydrogen (secondary N) is 1. The van der Waals surface area contributed by atoms with Crippen molar-refractivity contribution in [1.29, 1.82) is 0 Å². The first kappa shape index (κ1) is 13.9. The SMILES string of the molecule is Cc1cc(F)c(Br)cc1NC1CCCCC1(C)C. The van der Waals surface area contributed by atoms with Crippen LogP contribution >= 0.6 is 15.9 Å². The molecule has 1 nitrogen and oxygen atoms in total. The Bertz CT molecular complexity index is 442. The van der Waals surface area contributed by atoms with Crippen molar-refractivity contribution in [2.45, 2.75) is 52.5 Å². The highest BCUT2D eigenvalue weighted by Gasteiger charge is 2.32. The fourth-order valence-corrected chi connectivity index (χ4v) is 3.09. The Morgan fingerprint density at radius 3 is 2.72 bits per heavy atom. The van der Waals surface area contributed by atoms with Crippen LogP contribution in [0.25, 0.3) is 0 Å². The summed E-state index contributed by atoms with van der Waals surface area (Å²) < 4.78 is 13.9. The summed E-state index contributed by atoms with van der Waals surface area (Å²) in [4.78, 5) is 0. The first-order valence-electron chi connectivity index (χ1n) is 6.62. The van der Waals surface area contributed by atoms with Gasteiger partial charge in [0, 0.05) is 11.7 Å². The number of aryl methyl sites for hydroxylation is 1. The van der Waals surface area contributed by atoms with Gasteiger partial charge in [-0.1, -0.05) is 26.7 Å². The Kier molecular flexibility index (Phi) is 4.00. The van der Waals surface area contributed by atoms with Crippen molar-refractivity contribution in [3.63, 3.8) is 0 Å². The van der Waals surface area contributed by atoms with E-state index in [1.807, 2.05) is 13.0 Å². The van der Waals surface area contributed by atoms with E-state index in [2.05, 4.69) is 35.1 Å². The molecule has 1 aromatic carbocycles. The summed E-state index contributed by atoms with van der Waals surface area (Å²) in [5, 5.41) is 3.61. The fourth-order valence-electron chi connectivity index (χ4n) is 2.75. The van der Waals surface area contributed by atoms with E-state index >= 15 is 0 Å². The van der Waals surface area contributed by atoms with Crippen molar-refractivity contribution in [1.82, 2.24) is 0 Å². The van der Waals surface area contributed by atoms with E-state index in [9.17, 15) is 4.39 Å². The minimum atomic E-state index is -0.194. The summed E-state index contributed by atoms with van der Waals surface area (Å²) in [6.07, 6.45) is 5.05. The molecule has 0 amide bonds. The van der Waals surface area contributed by atoms with E-state index in [1.54, 1.807) is 6.07 Å². The second-order valence-electron chi connectivity index (χ2n) is 6.01. The number of anilines is 1. The van der Waals surface area contributed by atoms with Crippen molar-refractivity contribution in [2.75, 3.05) is 5.32 Å². The van der Waals surface area contributed by atoms with Gasteiger partial charge in [0.05, 0.1) is 4.47 Å². The van der Waals surface area contributed by atoms with Gasteiger partial charge >= 0.3 is 0 Å². The summed E-state index contributed by atoms with van der Waals surface area (Å²) in [5.41, 5.74) is 2.33. The minimum absolute atomic E-state index is 0.194. The zero-order valence-corrected chi connectivity index (χ0v) is 12.9. The van der Waals surface area contributed by atoms with E-state index < -0.39 is 0 Å². The molecule has 1 saturated carbocycles. The molecule has 1 unspecified atom stereocenters. The highest BCUT2D eigenvalue weighted by molar-refractivity contribution is 9.10. The van der Waals surface area contributed by atoms with Crippen LogP contribution in [0.5, 0.6) is 0 Å². The van der Waals surface area contributed by atoms with Crippen LogP contribution in [0, 0.1) is 18.2 Å². The van der Waals surface area contributed by atoms with Gasteiger partial charge in [-0.05, 0) is 58.8 Å². The highest BCUT2D eigenvalue weighted by Crippen LogP contribution is 2.38. The maximum atomic E-state index is 13.4. The molecule has 1 fully saturated rings. The topological polar surface area (TPSA) is 12.0 Å². The normalized spacial score (nSPS) is 22.8. The molecular weight excluding hydrogens is 293 g/mol. The first-order chi connectivity index (χ1) is 8.40. The van der Waals surface area contributed by atoms with Crippen LogP contribution in [0.1, 0.15) is 45.1 Å². The molecule has 1 aliphatic rings. The van der Waals surface area contributed by atoms with Gasteiger partial charge in [-0.15, -0.1) is 0 Å². The molecule has 0 aromatic heterocycles. The van der Waals surface area contributed by atoms with E-state index in [-0.39, 0.29) is 5.82 Å². The van der Waals surface area contributed by atoms with Crippen LogP contribution in [-0.2, 0) is 0 Å². The summed E-state index contributed by atoms with van der Waals surface area (Å²) >= 11 is 3.26. The Labute approximate surface area is 117 Å². The van der Waals surface area contributed by atoms with Gasteiger partial charge < -0.3 is 5.32 Å². The van der Waals surface area contributed by atoms with Gasteiger partial charge in [0.2, 0.25) is 0 Å². The maximum Gasteiger partial charge on any atom is 0.137 e. The Balaban J connectivity index is 2.20.